The van der Waals surface area contributed by atoms with Crippen LogP contribution >= 0.6 is 0 Å². The van der Waals surface area contributed by atoms with Gasteiger partial charge in [-0.2, -0.15) is 0 Å². The molecule has 1 atom stereocenters. The Balaban J connectivity index is 0.939. The maximum absolute atomic E-state index is 7.26. The van der Waals surface area contributed by atoms with E-state index in [0.29, 0.717) is 0 Å². The Labute approximate surface area is 456 Å². The van der Waals surface area contributed by atoms with Gasteiger partial charge in [0.2, 0.25) is 0 Å². The lowest BCUT2D eigenvalue weighted by molar-refractivity contribution is 0.487. The second-order valence-corrected chi connectivity index (χ2v) is 25.3. The van der Waals surface area contributed by atoms with Crippen molar-refractivity contribution >= 4 is 50.6 Å². The van der Waals surface area contributed by atoms with Gasteiger partial charge in [0.15, 0.2) is 8.07 Å². The standard InChI is InChI=1S/C75H53NOSi/c1-75(2)66-47-54(50-20-6-3-7-21-50)36-41-62(66)63-42-40-60(49-67(63)75)78(59-38-34-53(35-39-59)61-26-12-15-29-68(61)76-69-30-16-13-27-64(69)65-28-14-17-31-70(65)76)73-33-19-18-32-71(73)77-72-48-55(37-43-74(72)78)58-45-56(51-22-8-4-9-23-51)44-57(46-58)52-24-10-5-11-25-52/h3-49H,1-2H3. The van der Waals surface area contributed by atoms with Crippen molar-refractivity contribution in [3.8, 4) is 83.9 Å². The Morgan fingerprint density at radius 1 is 0.308 bits per heavy atom. The molecule has 1 unspecified atom stereocenters. The van der Waals surface area contributed by atoms with Gasteiger partial charge in [-0.05, 0) is 148 Å². The second-order valence-electron chi connectivity index (χ2n) is 21.6. The first kappa shape index (κ1) is 45.8. The van der Waals surface area contributed by atoms with Gasteiger partial charge in [0.1, 0.15) is 11.5 Å². The van der Waals surface area contributed by atoms with Crippen molar-refractivity contribution < 1.29 is 4.74 Å². The number of para-hydroxylation sites is 4. The van der Waals surface area contributed by atoms with Crippen molar-refractivity contribution in [3.63, 3.8) is 0 Å². The molecule has 1 aromatic heterocycles. The number of ether oxygens (including phenoxy) is 1. The van der Waals surface area contributed by atoms with Crippen LogP contribution in [0.25, 0.3) is 94.3 Å². The average molecular weight is 1010 g/mol. The molecule has 0 fully saturated rings. The van der Waals surface area contributed by atoms with Gasteiger partial charge < -0.3 is 9.30 Å². The Morgan fingerprint density at radius 3 is 1.42 bits per heavy atom. The van der Waals surface area contributed by atoms with Crippen LogP contribution in [-0.2, 0) is 5.41 Å². The fourth-order valence-corrected chi connectivity index (χ4v) is 18.1. The third-order valence-electron chi connectivity index (χ3n) is 16.9. The minimum atomic E-state index is -3.19. The van der Waals surface area contributed by atoms with Crippen LogP contribution in [0.1, 0.15) is 25.0 Å². The molecule has 0 amide bonds. The molecule has 0 spiro atoms. The number of rotatable bonds is 8. The molecule has 1 aliphatic heterocycles. The Hall–Kier alpha value is -9.54. The number of fused-ring (bicyclic) bond motifs is 8. The molecule has 1 aliphatic carbocycles. The highest BCUT2D eigenvalue weighted by atomic mass is 28.3. The number of hydrogen-bond donors (Lipinski definition) is 0. The van der Waals surface area contributed by atoms with Gasteiger partial charge >= 0.3 is 0 Å². The fraction of sp³-hybridized carbons (Fsp3) is 0.0400. The van der Waals surface area contributed by atoms with Gasteiger partial charge in [0.25, 0.3) is 0 Å². The van der Waals surface area contributed by atoms with Crippen LogP contribution < -0.4 is 25.5 Å². The van der Waals surface area contributed by atoms with Gasteiger partial charge in [-0.15, -0.1) is 0 Å². The van der Waals surface area contributed by atoms with E-state index in [1.54, 1.807) is 0 Å². The molecule has 3 heteroatoms. The number of nitrogens with zero attached hydrogens (tertiary/aromatic N) is 1. The first-order valence-corrected chi connectivity index (χ1v) is 29.1. The second kappa shape index (κ2) is 18.1. The summed E-state index contributed by atoms with van der Waals surface area (Å²) < 4.78 is 9.70. The average Bonchev–Trinajstić information content (AvgIpc) is 4.13. The quantitative estimate of drug-likeness (QED) is 0.138. The zero-order chi connectivity index (χ0) is 52.0. The predicted molar refractivity (Wildman–Crippen MR) is 329 cm³/mol. The van der Waals surface area contributed by atoms with Crippen molar-refractivity contribution in [1.82, 2.24) is 4.57 Å². The monoisotopic (exact) mass is 1010 g/mol. The topological polar surface area (TPSA) is 14.2 Å². The zero-order valence-corrected chi connectivity index (χ0v) is 44.5. The van der Waals surface area contributed by atoms with Crippen molar-refractivity contribution in [2.24, 2.45) is 0 Å². The highest BCUT2D eigenvalue weighted by molar-refractivity contribution is 7.20. The number of hydrogen-bond acceptors (Lipinski definition) is 1. The maximum Gasteiger partial charge on any atom is 0.188 e. The molecular weight excluding hydrogens is 959 g/mol. The summed E-state index contributed by atoms with van der Waals surface area (Å²) in [7, 11) is -3.19. The van der Waals surface area contributed by atoms with Crippen LogP contribution in [-0.4, -0.2) is 12.6 Å². The van der Waals surface area contributed by atoms with Gasteiger partial charge in [0, 0.05) is 21.8 Å². The summed E-state index contributed by atoms with van der Waals surface area (Å²) in [5, 5.41) is 7.65. The molecule has 13 aromatic rings. The summed E-state index contributed by atoms with van der Waals surface area (Å²) >= 11 is 0. The van der Waals surface area contributed by atoms with E-state index in [1.807, 2.05) is 0 Å². The SMILES string of the molecule is CC1(C)c2cc(-c3ccccc3)ccc2-c2ccc([Si]3(c4ccc(-c5ccccc5-n5c6ccccc6c6ccccc65)cc4)c4ccccc4Oc4cc(-c5cc(-c6ccccc6)cc(-c6ccccc6)c5)ccc43)cc21. The number of aromatic nitrogens is 1. The van der Waals surface area contributed by atoms with E-state index in [0.717, 1.165) is 28.3 Å². The van der Waals surface area contributed by atoms with Gasteiger partial charge in [0.05, 0.1) is 16.7 Å². The highest BCUT2D eigenvalue weighted by Gasteiger charge is 2.49. The third kappa shape index (κ3) is 7.16. The molecule has 0 radical (unpaired) electrons. The van der Waals surface area contributed by atoms with Gasteiger partial charge in [-0.3, -0.25) is 0 Å². The Morgan fingerprint density at radius 2 is 0.769 bits per heavy atom. The fourth-order valence-electron chi connectivity index (χ4n) is 13.2. The largest absolute Gasteiger partial charge is 0.458 e. The molecule has 368 valence electrons. The van der Waals surface area contributed by atoms with Crippen LogP contribution in [0.15, 0.2) is 285 Å². The van der Waals surface area contributed by atoms with Crippen LogP contribution in [0.2, 0.25) is 0 Å². The molecule has 12 aromatic carbocycles. The molecule has 0 N–H and O–H groups in total. The summed E-state index contributed by atoms with van der Waals surface area (Å²) in [6.07, 6.45) is 0. The molecule has 0 saturated heterocycles. The molecule has 78 heavy (non-hydrogen) atoms. The smallest absolute Gasteiger partial charge is 0.188 e. The van der Waals surface area contributed by atoms with E-state index >= 15 is 0 Å². The maximum atomic E-state index is 7.26. The lowest BCUT2D eigenvalue weighted by atomic mass is 9.81. The molecule has 0 saturated carbocycles. The summed E-state index contributed by atoms with van der Waals surface area (Å²) in [6, 6.07) is 106. The van der Waals surface area contributed by atoms with Crippen molar-refractivity contribution in [3.05, 3.63) is 296 Å². The van der Waals surface area contributed by atoms with Crippen molar-refractivity contribution in [2.45, 2.75) is 19.3 Å². The van der Waals surface area contributed by atoms with Crippen LogP contribution in [0, 0.1) is 0 Å². The minimum Gasteiger partial charge on any atom is -0.458 e. The van der Waals surface area contributed by atoms with Gasteiger partial charge in [-0.1, -0.05) is 244 Å². The van der Waals surface area contributed by atoms with Crippen LogP contribution in [0.3, 0.4) is 0 Å². The Kier molecular flexibility index (Phi) is 10.6. The summed E-state index contributed by atoms with van der Waals surface area (Å²) in [5.74, 6) is 1.81. The molecule has 2 heterocycles. The predicted octanol–water partition coefficient (Wildman–Crippen LogP) is 16.9. The van der Waals surface area contributed by atoms with E-state index < -0.39 is 8.07 Å². The van der Waals surface area contributed by atoms with E-state index in [1.165, 1.54) is 109 Å². The van der Waals surface area contributed by atoms with Crippen molar-refractivity contribution in [1.29, 1.82) is 0 Å². The lowest BCUT2D eigenvalue weighted by Crippen LogP contribution is -2.76. The van der Waals surface area contributed by atoms with E-state index in [2.05, 4.69) is 304 Å². The van der Waals surface area contributed by atoms with Crippen LogP contribution in [0.4, 0.5) is 0 Å². The minimum absolute atomic E-state index is 0.251. The zero-order valence-electron chi connectivity index (χ0n) is 43.5. The highest BCUT2D eigenvalue weighted by Crippen LogP contribution is 2.50. The first-order valence-electron chi connectivity index (χ1n) is 27.1. The first-order chi connectivity index (χ1) is 38.4. The Bertz CT molecular complexity index is 4370. The van der Waals surface area contributed by atoms with E-state index in [4.69, 9.17) is 4.74 Å². The molecule has 2 nitrogen and oxygen atoms in total. The normalized spacial score (nSPS) is 14.8. The summed E-state index contributed by atoms with van der Waals surface area (Å²) in [4.78, 5) is 0. The molecule has 2 aliphatic rings. The molecule has 15 rings (SSSR count). The van der Waals surface area contributed by atoms with Crippen LogP contribution in [0.5, 0.6) is 11.5 Å². The molecular formula is C75H53NOSi. The van der Waals surface area contributed by atoms with Gasteiger partial charge in [-0.25, -0.2) is 0 Å². The molecule has 0 bridgehead atoms. The third-order valence-corrected chi connectivity index (χ3v) is 21.8. The van der Waals surface area contributed by atoms with E-state index in [-0.39, 0.29) is 5.41 Å². The lowest BCUT2D eigenvalue weighted by Gasteiger charge is -2.40. The summed E-state index contributed by atoms with van der Waals surface area (Å²) in [5.41, 5.74) is 20.5. The van der Waals surface area contributed by atoms with E-state index in [9.17, 15) is 0 Å². The van der Waals surface area contributed by atoms with Crippen molar-refractivity contribution in [2.75, 3.05) is 0 Å². The number of benzene rings is 12. The summed E-state index contributed by atoms with van der Waals surface area (Å²) in [6.45, 7) is 4.83.